The Morgan fingerprint density at radius 2 is 2.18 bits per heavy atom. The minimum Gasteiger partial charge on any atom is -0.481 e. The van der Waals surface area contributed by atoms with Crippen molar-refractivity contribution < 1.29 is 4.74 Å². The number of aromatic nitrogens is 2. The van der Waals surface area contributed by atoms with E-state index in [1.54, 1.807) is 7.11 Å². The Morgan fingerprint density at radius 3 is 2.71 bits per heavy atom. The van der Waals surface area contributed by atoms with E-state index in [0.717, 1.165) is 12.4 Å². The highest BCUT2D eigenvalue weighted by atomic mass is 16.5. The van der Waals surface area contributed by atoms with Crippen molar-refractivity contribution in [3.8, 4) is 5.88 Å². The number of hydrogen-bond acceptors (Lipinski definition) is 5. The van der Waals surface area contributed by atoms with Crippen LogP contribution >= 0.6 is 0 Å². The number of hydrogen-bond donors (Lipinski definition) is 1. The SMILES string of the molecule is COc1cc(N(CC(C)C)C2CC2)nc(N)n1. The van der Waals surface area contributed by atoms with Crippen molar-refractivity contribution in [3.63, 3.8) is 0 Å². The largest absolute Gasteiger partial charge is 0.481 e. The minimum absolute atomic E-state index is 0.272. The van der Waals surface area contributed by atoms with Gasteiger partial charge in [0.05, 0.1) is 7.11 Å². The van der Waals surface area contributed by atoms with E-state index in [2.05, 4.69) is 28.7 Å². The molecule has 5 nitrogen and oxygen atoms in total. The van der Waals surface area contributed by atoms with Gasteiger partial charge in [-0.05, 0) is 18.8 Å². The fourth-order valence-electron chi connectivity index (χ4n) is 1.89. The van der Waals surface area contributed by atoms with Gasteiger partial charge in [-0.25, -0.2) is 0 Å². The molecule has 1 aliphatic rings. The minimum atomic E-state index is 0.272. The average Bonchev–Trinajstić information content (AvgIpc) is 3.08. The van der Waals surface area contributed by atoms with Crippen LogP contribution in [0.2, 0.25) is 0 Å². The number of anilines is 2. The number of ether oxygens (including phenoxy) is 1. The van der Waals surface area contributed by atoms with Crippen LogP contribution in [0.15, 0.2) is 6.07 Å². The van der Waals surface area contributed by atoms with E-state index < -0.39 is 0 Å². The summed E-state index contributed by atoms with van der Waals surface area (Å²) in [6, 6.07) is 2.47. The number of nitrogen functional groups attached to an aromatic ring is 1. The molecule has 0 radical (unpaired) electrons. The molecule has 0 spiro atoms. The van der Waals surface area contributed by atoms with E-state index >= 15 is 0 Å². The van der Waals surface area contributed by atoms with Gasteiger partial charge in [0, 0.05) is 18.7 Å². The summed E-state index contributed by atoms with van der Waals surface area (Å²) in [6.07, 6.45) is 2.47. The van der Waals surface area contributed by atoms with Gasteiger partial charge in [0.2, 0.25) is 11.8 Å². The first-order valence-electron chi connectivity index (χ1n) is 6.05. The Labute approximate surface area is 102 Å². The maximum absolute atomic E-state index is 5.70. The highest BCUT2D eigenvalue weighted by molar-refractivity contribution is 5.47. The van der Waals surface area contributed by atoms with Gasteiger partial charge < -0.3 is 15.4 Å². The Morgan fingerprint density at radius 1 is 1.47 bits per heavy atom. The van der Waals surface area contributed by atoms with Crippen LogP contribution in [-0.2, 0) is 0 Å². The molecule has 1 aromatic rings. The van der Waals surface area contributed by atoms with Gasteiger partial charge in [-0.15, -0.1) is 0 Å². The maximum Gasteiger partial charge on any atom is 0.225 e. The zero-order valence-corrected chi connectivity index (χ0v) is 10.7. The lowest BCUT2D eigenvalue weighted by Crippen LogP contribution is -2.30. The van der Waals surface area contributed by atoms with Gasteiger partial charge in [-0.3, -0.25) is 0 Å². The predicted octanol–water partition coefficient (Wildman–Crippen LogP) is 1.69. The first-order chi connectivity index (χ1) is 8.10. The van der Waals surface area contributed by atoms with E-state index in [4.69, 9.17) is 10.5 Å². The van der Waals surface area contributed by atoms with Crippen LogP contribution in [-0.4, -0.2) is 29.7 Å². The molecule has 17 heavy (non-hydrogen) atoms. The molecule has 2 N–H and O–H groups in total. The van der Waals surface area contributed by atoms with Crippen LogP contribution in [0.5, 0.6) is 5.88 Å². The quantitative estimate of drug-likeness (QED) is 0.842. The number of rotatable bonds is 5. The summed E-state index contributed by atoms with van der Waals surface area (Å²) >= 11 is 0. The smallest absolute Gasteiger partial charge is 0.225 e. The second kappa shape index (κ2) is 4.77. The standard InChI is InChI=1S/C12H20N4O/c1-8(2)7-16(9-4-5-9)10-6-11(17-3)15-12(13)14-10/h6,8-9H,4-5,7H2,1-3H3,(H2,13,14,15). The van der Waals surface area contributed by atoms with Crippen LogP contribution < -0.4 is 15.4 Å². The number of nitrogens with two attached hydrogens (primary N) is 1. The van der Waals surface area contributed by atoms with Gasteiger partial charge >= 0.3 is 0 Å². The Balaban J connectivity index is 2.25. The fourth-order valence-corrected chi connectivity index (χ4v) is 1.89. The summed E-state index contributed by atoms with van der Waals surface area (Å²) in [5, 5.41) is 0. The van der Waals surface area contributed by atoms with Crippen molar-refractivity contribution in [3.05, 3.63) is 6.07 Å². The van der Waals surface area contributed by atoms with Crippen molar-refractivity contribution >= 4 is 11.8 Å². The molecule has 1 saturated carbocycles. The molecule has 1 heterocycles. The van der Waals surface area contributed by atoms with Gasteiger partial charge in [0.1, 0.15) is 5.82 Å². The second-order valence-electron chi connectivity index (χ2n) is 4.90. The zero-order valence-electron chi connectivity index (χ0n) is 10.7. The summed E-state index contributed by atoms with van der Waals surface area (Å²) in [4.78, 5) is 10.6. The summed E-state index contributed by atoms with van der Waals surface area (Å²) < 4.78 is 5.13. The number of methoxy groups -OCH3 is 1. The molecule has 5 heteroatoms. The zero-order chi connectivity index (χ0) is 12.4. The lowest BCUT2D eigenvalue weighted by atomic mass is 10.2. The van der Waals surface area contributed by atoms with Crippen molar-refractivity contribution in [1.82, 2.24) is 9.97 Å². The van der Waals surface area contributed by atoms with Crippen molar-refractivity contribution in [2.45, 2.75) is 32.7 Å². The molecule has 0 atom stereocenters. The molecule has 2 rings (SSSR count). The van der Waals surface area contributed by atoms with Crippen molar-refractivity contribution in [1.29, 1.82) is 0 Å². The Hall–Kier alpha value is -1.52. The molecule has 0 aliphatic heterocycles. The van der Waals surface area contributed by atoms with E-state index in [-0.39, 0.29) is 5.95 Å². The van der Waals surface area contributed by atoms with Crippen LogP contribution in [0.4, 0.5) is 11.8 Å². The van der Waals surface area contributed by atoms with Gasteiger partial charge in [-0.2, -0.15) is 9.97 Å². The molecule has 1 aromatic heterocycles. The van der Waals surface area contributed by atoms with Crippen LogP contribution in [0.1, 0.15) is 26.7 Å². The molecule has 0 aromatic carbocycles. The second-order valence-corrected chi connectivity index (χ2v) is 4.90. The van der Waals surface area contributed by atoms with Gasteiger partial charge in [0.25, 0.3) is 0 Å². The highest BCUT2D eigenvalue weighted by Gasteiger charge is 2.30. The third-order valence-electron chi connectivity index (χ3n) is 2.76. The molecule has 1 aliphatic carbocycles. The molecule has 1 fully saturated rings. The van der Waals surface area contributed by atoms with Crippen LogP contribution in [0.25, 0.3) is 0 Å². The molecule has 0 bridgehead atoms. The molecule has 94 valence electrons. The number of nitrogens with zero attached hydrogens (tertiary/aromatic N) is 3. The lowest BCUT2D eigenvalue weighted by Gasteiger charge is -2.25. The van der Waals surface area contributed by atoms with E-state index in [0.29, 0.717) is 17.8 Å². The van der Waals surface area contributed by atoms with Crippen molar-refractivity contribution in [2.75, 3.05) is 24.3 Å². The first kappa shape index (κ1) is 12.0. The summed E-state index contributed by atoms with van der Waals surface area (Å²) in [5.41, 5.74) is 5.70. The molecular weight excluding hydrogens is 216 g/mol. The van der Waals surface area contributed by atoms with E-state index in [1.807, 2.05) is 6.07 Å². The maximum atomic E-state index is 5.70. The summed E-state index contributed by atoms with van der Waals surface area (Å²) in [5.74, 6) is 2.28. The first-order valence-corrected chi connectivity index (χ1v) is 6.05. The predicted molar refractivity (Wildman–Crippen MR) is 68.2 cm³/mol. The lowest BCUT2D eigenvalue weighted by molar-refractivity contribution is 0.397. The summed E-state index contributed by atoms with van der Waals surface area (Å²) in [7, 11) is 1.59. The molecule has 0 amide bonds. The van der Waals surface area contributed by atoms with Crippen molar-refractivity contribution in [2.24, 2.45) is 5.92 Å². The molecule has 0 saturated heterocycles. The molecular formula is C12H20N4O. The van der Waals surface area contributed by atoms with Gasteiger partial charge in [0.15, 0.2) is 0 Å². The van der Waals surface area contributed by atoms with Gasteiger partial charge in [-0.1, -0.05) is 13.8 Å². The Kier molecular flexibility index (Phi) is 3.36. The topological polar surface area (TPSA) is 64.3 Å². The monoisotopic (exact) mass is 236 g/mol. The fraction of sp³-hybridized carbons (Fsp3) is 0.667. The van der Waals surface area contributed by atoms with Crippen LogP contribution in [0.3, 0.4) is 0 Å². The molecule has 0 unspecified atom stereocenters. The van der Waals surface area contributed by atoms with Crippen LogP contribution in [0, 0.1) is 5.92 Å². The third-order valence-corrected chi connectivity index (χ3v) is 2.76. The Bertz CT molecular complexity index is 390. The average molecular weight is 236 g/mol. The van der Waals surface area contributed by atoms with E-state index in [1.165, 1.54) is 12.8 Å². The summed E-state index contributed by atoms with van der Waals surface area (Å²) in [6.45, 7) is 5.40. The van der Waals surface area contributed by atoms with E-state index in [9.17, 15) is 0 Å². The highest BCUT2D eigenvalue weighted by Crippen LogP contribution is 2.32. The normalized spacial score (nSPS) is 15.1. The third kappa shape index (κ3) is 2.99.